The van der Waals surface area contributed by atoms with E-state index in [0.717, 1.165) is 6.07 Å². The van der Waals surface area contributed by atoms with E-state index < -0.39 is 29.0 Å². The molecule has 186 valence electrons. The van der Waals surface area contributed by atoms with Gasteiger partial charge in [0, 0.05) is 29.1 Å². The van der Waals surface area contributed by atoms with Crippen LogP contribution in [0, 0.1) is 21.0 Å². The van der Waals surface area contributed by atoms with Crippen LogP contribution >= 0.6 is 22.6 Å². The highest BCUT2D eigenvalue weighted by Gasteiger charge is 2.24. The minimum Gasteiger partial charge on any atom is -0.394 e. The molecule has 0 saturated heterocycles. The Balaban J connectivity index is 2.24. The van der Waals surface area contributed by atoms with Gasteiger partial charge in [-0.15, -0.1) is 0 Å². The van der Waals surface area contributed by atoms with E-state index in [-0.39, 0.29) is 55.5 Å². The fourth-order valence-electron chi connectivity index (χ4n) is 2.68. The van der Waals surface area contributed by atoms with Crippen molar-refractivity contribution in [2.45, 2.75) is 19.4 Å². The summed E-state index contributed by atoms with van der Waals surface area (Å²) in [5.41, 5.74) is 3.07. The zero-order valence-corrected chi connectivity index (χ0v) is 20.3. The lowest BCUT2D eigenvalue weighted by atomic mass is 10.1. The normalized spacial score (nSPS) is 10.8. The second-order valence-corrected chi connectivity index (χ2v) is 8.03. The van der Waals surface area contributed by atoms with E-state index in [1.54, 1.807) is 6.07 Å². The summed E-state index contributed by atoms with van der Waals surface area (Å²) in [6, 6.07) is 5.11. The first-order chi connectivity index (χ1) is 16.3. The molecule has 2 rings (SSSR count). The van der Waals surface area contributed by atoms with Crippen LogP contribution in [-0.4, -0.2) is 43.8 Å². The largest absolute Gasteiger partial charge is 0.394 e. The van der Waals surface area contributed by atoms with Crippen molar-refractivity contribution in [3.05, 3.63) is 56.4 Å². The number of anilines is 2. The molecule has 2 amide bonds. The number of hydrogen-bond donors (Lipinski definition) is 5. The van der Waals surface area contributed by atoms with Crippen molar-refractivity contribution in [3.8, 4) is 0 Å². The number of hydrogen-bond acceptors (Lipinski definition) is 7. The summed E-state index contributed by atoms with van der Waals surface area (Å²) < 4.78 is 44.6. The average Bonchev–Trinajstić information content (AvgIpc) is 2.81. The molecule has 9 nitrogen and oxygen atoms in total. The molecule has 0 bridgehead atoms. The Morgan fingerprint density at radius 2 is 1.85 bits per heavy atom. The zero-order valence-electron chi connectivity index (χ0n) is 18.1. The molecule has 0 aliphatic carbocycles. The molecule has 0 fully saturated rings. The van der Waals surface area contributed by atoms with Crippen LogP contribution in [-0.2, 0) is 21.0 Å². The highest BCUT2D eigenvalue weighted by molar-refractivity contribution is 14.1. The van der Waals surface area contributed by atoms with E-state index in [0.29, 0.717) is 9.99 Å². The Hall–Kier alpha value is -2.46. The van der Waals surface area contributed by atoms with Crippen molar-refractivity contribution in [1.82, 2.24) is 16.3 Å². The first-order valence-electron chi connectivity index (χ1n) is 10.1. The Kier molecular flexibility index (Phi) is 11.5. The second-order valence-electron chi connectivity index (χ2n) is 6.78. The van der Waals surface area contributed by atoms with Crippen LogP contribution in [0.25, 0.3) is 0 Å². The summed E-state index contributed by atoms with van der Waals surface area (Å²) in [6.45, 7) is -0.796. The maximum Gasteiger partial charge on any atom is 0.277 e. The number of nitrogens with one attached hydrogen (secondary N) is 4. The van der Waals surface area contributed by atoms with Crippen molar-refractivity contribution in [2.75, 3.05) is 32.2 Å². The van der Waals surface area contributed by atoms with Crippen molar-refractivity contribution in [3.63, 3.8) is 0 Å². The van der Waals surface area contributed by atoms with Crippen molar-refractivity contribution in [2.24, 2.45) is 0 Å². The summed E-state index contributed by atoms with van der Waals surface area (Å²) in [4.78, 5) is 33.6. The SMILES string of the molecule is CNC(=O)CCCONCc1cc(C(=O)NOCCO)c(Nc2ccc(I)cc2F)c(F)c1F. The van der Waals surface area contributed by atoms with Crippen molar-refractivity contribution >= 4 is 45.8 Å². The van der Waals surface area contributed by atoms with E-state index in [9.17, 15) is 22.8 Å². The molecule has 34 heavy (non-hydrogen) atoms. The van der Waals surface area contributed by atoms with Gasteiger partial charge in [-0.3, -0.25) is 14.4 Å². The average molecular weight is 596 g/mol. The lowest BCUT2D eigenvalue weighted by Gasteiger charge is -2.17. The Morgan fingerprint density at radius 3 is 2.53 bits per heavy atom. The molecular formula is C21H24F3IN4O5. The van der Waals surface area contributed by atoms with Crippen LogP contribution in [0.5, 0.6) is 0 Å². The topological polar surface area (TPSA) is 121 Å². The van der Waals surface area contributed by atoms with Gasteiger partial charge in [0.25, 0.3) is 5.91 Å². The van der Waals surface area contributed by atoms with Gasteiger partial charge in [0.15, 0.2) is 11.6 Å². The third-order valence-electron chi connectivity index (χ3n) is 4.37. The third kappa shape index (κ3) is 8.09. The monoisotopic (exact) mass is 596 g/mol. The van der Waals surface area contributed by atoms with E-state index in [1.165, 1.54) is 19.2 Å². The molecular weight excluding hydrogens is 572 g/mol. The molecule has 0 aliphatic rings. The van der Waals surface area contributed by atoms with Crippen LogP contribution < -0.4 is 21.6 Å². The van der Waals surface area contributed by atoms with Gasteiger partial charge in [0.2, 0.25) is 5.91 Å². The van der Waals surface area contributed by atoms with Gasteiger partial charge in [-0.1, -0.05) is 0 Å². The van der Waals surface area contributed by atoms with Crippen molar-refractivity contribution in [1.29, 1.82) is 0 Å². The lowest BCUT2D eigenvalue weighted by molar-refractivity contribution is -0.121. The Labute approximate surface area is 207 Å². The fraction of sp³-hybridized carbons (Fsp3) is 0.333. The molecule has 0 aliphatic heterocycles. The number of halogens is 4. The van der Waals surface area contributed by atoms with Gasteiger partial charge in [0.05, 0.1) is 36.8 Å². The van der Waals surface area contributed by atoms with Crippen LogP contribution in [0.15, 0.2) is 24.3 Å². The molecule has 0 radical (unpaired) electrons. The van der Waals surface area contributed by atoms with Gasteiger partial charge in [-0.05, 0) is 53.3 Å². The number of benzene rings is 2. The molecule has 5 N–H and O–H groups in total. The molecule has 2 aromatic carbocycles. The third-order valence-corrected chi connectivity index (χ3v) is 5.04. The number of carbonyl (C=O) groups excluding carboxylic acids is 2. The standard InChI is InChI=1S/C21H24F3IN4O5/c1-26-17(31)3-2-7-33-27-11-12-9-14(21(32)29-34-8-6-30)20(19(24)18(12)23)28-16-5-4-13(25)10-15(16)22/h4-5,9-10,27-28,30H,2-3,6-8,11H2,1H3,(H,26,31)(H,29,32). The Bertz CT molecular complexity index is 1010. The summed E-state index contributed by atoms with van der Waals surface area (Å²) >= 11 is 1.89. The van der Waals surface area contributed by atoms with E-state index >= 15 is 0 Å². The van der Waals surface area contributed by atoms with Gasteiger partial charge < -0.3 is 20.6 Å². The summed E-state index contributed by atoms with van der Waals surface area (Å²) in [5.74, 6) is -4.53. The summed E-state index contributed by atoms with van der Waals surface area (Å²) in [7, 11) is 1.51. The number of aliphatic hydroxyl groups is 1. The number of carbonyl (C=O) groups is 2. The van der Waals surface area contributed by atoms with Gasteiger partial charge in [-0.2, -0.15) is 5.48 Å². The van der Waals surface area contributed by atoms with Gasteiger partial charge in [0.1, 0.15) is 5.82 Å². The number of aliphatic hydroxyl groups excluding tert-OH is 1. The number of amides is 2. The predicted molar refractivity (Wildman–Crippen MR) is 125 cm³/mol. The fourth-order valence-corrected chi connectivity index (χ4v) is 3.14. The zero-order chi connectivity index (χ0) is 25.1. The van der Waals surface area contributed by atoms with Crippen LogP contribution in [0.2, 0.25) is 0 Å². The molecule has 0 atom stereocenters. The summed E-state index contributed by atoms with van der Waals surface area (Å²) in [6.07, 6.45) is 0.624. The van der Waals surface area contributed by atoms with E-state index in [4.69, 9.17) is 14.8 Å². The molecule has 0 aromatic heterocycles. The van der Waals surface area contributed by atoms with Crippen LogP contribution in [0.3, 0.4) is 0 Å². The maximum absolute atomic E-state index is 15.0. The highest BCUT2D eigenvalue weighted by atomic mass is 127. The van der Waals surface area contributed by atoms with Gasteiger partial charge in [-0.25, -0.2) is 18.7 Å². The quantitative estimate of drug-likeness (QED) is 0.137. The van der Waals surface area contributed by atoms with Crippen molar-refractivity contribution < 1.29 is 37.5 Å². The second kappa shape index (κ2) is 14.1. The Morgan fingerprint density at radius 1 is 1.09 bits per heavy atom. The lowest BCUT2D eigenvalue weighted by Crippen LogP contribution is -2.27. The number of rotatable bonds is 13. The predicted octanol–water partition coefficient (Wildman–Crippen LogP) is 2.65. The van der Waals surface area contributed by atoms with E-state index in [1.807, 2.05) is 28.1 Å². The minimum atomic E-state index is -1.41. The molecule has 0 unspecified atom stereocenters. The van der Waals surface area contributed by atoms with Crippen LogP contribution in [0.4, 0.5) is 24.5 Å². The molecule has 0 saturated carbocycles. The minimum absolute atomic E-state index is 0.131. The summed E-state index contributed by atoms with van der Waals surface area (Å²) in [5, 5.41) is 13.7. The number of hydroxylamine groups is 2. The molecule has 0 spiro atoms. The van der Waals surface area contributed by atoms with Gasteiger partial charge >= 0.3 is 0 Å². The smallest absolute Gasteiger partial charge is 0.277 e. The molecule has 0 heterocycles. The molecule has 13 heteroatoms. The van der Waals surface area contributed by atoms with Crippen LogP contribution in [0.1, 0.15) is 28.8 Å². The maximum atomic E-state index is 15.0. The first kappa shape index (κ1) is 27.8. The van der Waals surface area contributed by atoms with E-state index in [2.05, 4.69) is 16.1 Å². The highest BCUT2D eigenvalue weighted by Crippen LogP contribution is 2.30. The molecule has 2 aromatic rings. The first-order valence-corrected chi connectivity index (χ1v) is 11.2.